The van der Waals surface area contributed by atoms with Crippen LogP contribution in [-0.2, 0) is 13.0 Å². The molecule has 0 aliphatic carbocycles. The normalized spacial score (nSPS) is 13.4. The number of unbranched alkanes of at least 4 members (excludes halogenated alkanes) is 2. The third-order valence-electron chi connectivity index (χ3n) is 4.61. The minimum atomic E-state index is -0.538. The molecule has 1 aromatic heterocycles. The molecule has 138 valence electrons. The highest BCUT2D eigenvalue weighted by atomic mass is 19.1. The second-order valence-electron chi connectivity index (χ2n) is 6.45. The fraction of sp³-hybridized carbons (Fsp3) is 0.421. The summed E-state index contributed by atoms with van der Waals surface area (Å²) >= 11 is 0. The molecule has 26 heavy (non-hydrogen) atoms. The summed E-state index contributed by atoms with van der Waals surface area (Å²) in [6, 6.07) is 5.94. The molecule has 0 fully saturated rings. The van der Waals surface area contributed by atoms with Crippen molar-refractivity contribution in [1.29, 1.82) is 0 Å². The first-order valence-corrected chi connectivity index (χ1v) is 9.00. The lowest BCUT2D eigenvalue weighted by atomic mass is 10.0. The molecule has 3 rings (SSSR count). The molecule has 0 spiro atoms. The van der Waals surface area contributed by atoms with E-state index in [4.69, 9.17) is 0 Å². The van der Waals surface area contributed by atoms with E-state index in [-0.39, 0.29) is 23.9 Å². The molecule has 1 aliphatic heterocycles. The SMILES string of the molecule is CCCCCNC(=O)c1n[nH]c2c1CN(C(=O)c1ccccc1F)CC2. The van der Waals surface area contributed by atoms with Crippen LogP contribution < -0.4 is 5.32 Å². The van der Waals surface area contributed by atoms with Gasteiger partial charge in [-0.05, 0) is 18.6 Å². The van der Waals surface area contributed by atoms with Gasteiger partial charge in [0, 0.05) is 30.8 Å². The average molecular weight is 358 g/mol. The number of halogens is 1. The van der Waals surface area contributed by atoms with Crippen molar-refractivity contribution >= 4 is 11.8 Å². The fourth-order valence-corrected chi connectivity index (χ4v) is 3.12. The van der Waals surface area contributed by atoms with Gasteiger partial charge in [0.15, 0.2) is 5.69 Å². The van der Waals surface area contributed by atoms with E-state index in [0.717, 1.165) is 25.0 Å². The smallest absolute Gasteiger partial charge is 0.272 e. The van der Waals surface area contributed by atoms with Crippen molar-refractivity contribution in [3.8, 4) is 0 Å². The van der Waals surface area contributed by atoms with E-state index in [9.17, 15) is 14.0 Å². The maximum absolute atomic E-state index is 13.9. The fourth-order valence-electron chi connectivity index (χ4n) is 3.12. The first-order valence-electron chi connectivity index (χ1n) is 9.00. The first-order chi connectivity index (χ1) is 12.6. The number of benzene rings is 1. The highest BCUT2D eigenvalue weighted by Crippen LogP contribution is 2.22. The number of carbonyl (C=O) groups is 2. The summed E-state index contributed by atoms with van der Waals surface area (Å²) in [4.78, 5) is 26.6. The van der Waals surface area contributed by atoms with Crippen LogP contribution in [-0.4, -0.2) is 40.0 Å². The summed E-state index contributed by atoms with van der Waals surface area (Å²) in [5.74, 6) is -1.15. The number of rotatable bonds is 6. The molecule has 1 aliphatic rings. The van der Waals surface area contributed by atoms with E-state index in [2.05, 4.69) is 22.4 Å². The average Bonchev–Trinajstić information content (AvgIpc) is 3.08. The Morgan fingerprint density at radius 1 is 1.31 bits per heavy atom. The lowest BCUT2D eigenvalue weighted by Gasteiger charge is -2.27. The Bertz CT molecular complexity index is 803. The van der Waals surface area contributed by atoms with Crippen LogP contribution in [0.15, 0.2) is 24.3 Å². The summed E-state index contributed by atoms with van der Waals surface area (Å²) in [6.45, 7) is 3.41. The topological polar surface area (TPSA) is 78.1 Å². The van der Waals surface area contributed by atoms with Gasteiger partial charge < -0.3 is 10.2 Å². The number of aromatic nitrogens is 2. The number of hydrogen-bond donors (Lipinski definition) is 2. The molecule has 2 amide bonds. The molecule has 0 atom stereocenters. The van der Waals surface area contributed by atoms with E-state index >= 15 is 0 Å². The zero-order valence-electron chi connectivity index (χ0n) is 14.8. The van der Waals surface area contributed by atoms with E-state index in [1.54, 1.807) is 17.0 Å². The number of hydrogen-bond acceptors (Lipinski definition) is 3. The van der Waals surface area contributed by atoms with Gasteiger partial charge in [-0.25, -0.2) is 4.39 Å². The summed E-state index contributed by atoms with van der Waals surface area (Å²) < 4.78 is 13.9. The van der Waals surface area contributed by atoms with Crippen molar-refractivity contribution in [2.45, 2.75) is 39.2 Å². The number of nitrogens with one attached hydrogen (secondary N) is 2. The molecule has 1 aromatic carbocycles. The van der Waals surface area contributed by atoms with Gasteiger partial charge in [0.05, 0.1) is 12.1 Å². The maximum Gasteiger partial charge on any atom is 0.272 e. The lowest BCUT2D eigenvalue weighted by Crippen LogP contribution is -2.37. The van der Waals surface area contributed by atoms with Crippen LogP contribution in [0.4, 0.5) is 4.39 Å². The number of amides is 2. The predicted octanol–water partition coefficient (Wildman–Crippen LogP) is 2.67. The van der Waals surface area contributed by atoms with Crippen molar-refractivity contribution in [2.24, 2.45) is 0 Å². The van der Waals surface area contributed by atoms with Gasteiger partial charge in [0.25, 0.3) is 11.8 Å². The van der Waals surface area contributed by atoms with Gasteiger partial charge in [-0.3, -0.25) is 14.7 Å². The Hall–Kier alpha value is -2.70. The monoisotopic (exact) mass is 358 g/mol. The Kier molecular flexibility index (Phi) is 5.65. The molecular weight excluding hydrogens is 335 g/mol. The van der Waals surface area contributed by atoms with Gasteiger partial charge in [0.2, 0.25) is 0 Å². The highest BCUT2D eigenvalue weighted by molar-refractivity contribution is 5.96. The van der Waals surface area contributed by atoms with Crippen LogP contribution >= 0.6 is 0 Å². The zero-order chi connectivity index (χ0) is 18.5. The molecule has 2 N–H and O–H groups in total. The number of carbonyl (C=O) groups excluding carboxylic acids is 2. The van der Waals surface area contributed by atoms with Crippen LogP contribution in [0.5, 0.6) is 0 Å². The maximum atomic E-state index is 13.9. The van der Waals surface area contributed by atoms with Crippen molar-refractivity contribution < 1.29 is 14.0 Å². The van der Waals surface area contributed by atoms with Crippen LogP contribution in [0.3, 0.4) is 0 Å². The Labute approximate surface area is 151 Å². The largest absolute Gasteiger partial charge is 0.351 e. The van der Waals surface area contributed by atoms with Gasteiger partial charge in [0.1, 0.15) is 5.82 Å². The Morgan fingerprint density at radius 2 is 2.12 bits per heavy atom. The minimum Gasteiger partial charge on any atom is -0.351 e. The van der Waals surface area contributed by atoms with Gasteiger partial charge >= 0.3 is 0 Å². The standard InChI is InChI=1S/C19H23FN4O2/c1-2-3-6-10-21-18(25)17-14-12-24(11-9-16(14)22-23-17)19(26)13-7-4-5-8-15(13)20/h4-5,7-8H,2-3,6,9-12H2,1H3,(H,21,25)(H,22,23). The molecular formula is C19H23FN4O2. The van der Waals surface area contributed by atoms with Gasteiger partial charge in [-0.15, -0.1) is 0 Å². The van der Waals surface area contributed by atoms with Crippen molar-refractivity contribution in [3.63, 3.8) is 0 Å². The lowest BCUT2D eigenvalue weighted by molar-refractivity contribution is 0.0726. The van der Waals surface area contributed by atoms with Crippen LogP contribution in [0.25, 0.3) is 0 Å². The highest BCUT2D eigenvalue weighted by Gasteiger charge is 2.29. The number of nitrogens with zero attached hydrogens (tertiary/aromatic N) is 2. The second-order valence-corrected chi connectivity index (χ2v) is 6.45. The quantitative estimate of drug-likeness (QED) is 0.780. The third-order valence-corrected chi connectivity index (χ3v) is 4.61. The van der Waals surface area contributed by atoms with E-state index < -0.39 is 5.82 Å². The van der Waals surface area contributed by atoms with Crippen LogP contribution in [0, 0.1) is 5.82 Å². The van der Waals surface area contributed by atoms with Crippen molar-refractivity contribution in [1.82, 2.24) is 20.4 Å². The number of aromatic amines is 1. The van der Waals surface area contributed by atoms with E-state index in [0.29, 0.717) is 30.8 Å². The molecule has 0 radical (unpaired) electrons. The Morgan fingerprint density at radius 3 is 2.88 bits per heavy atom. The van der Waals surface area contributed by atoms with Crippen molar-refractivity contribution in [3.05, 3.63) is 52.6 Å². The molecule has 2 heterocycles. The van der Waals surface area contributed by atoms with Crippen LogP contribution in [0.1, 0.15) is 58.3 Å². The molecule has 0 unspecified atom stereocenters. The summed E-state index contributed by atoms with van der Waals surface area (Å²) in [5.41, 5.74) is 1.95. The van der Waals surface area contributed by atoms with E-state index in [1.165, 1.54) is 12.1 Å². The first kappa shape index (κ1) is 18.1. The molecule has 0 saturated carbocycles. The van der Waals surface area contributed by atoms with Gasteiger partial charge in [-0.1, -0.05) is 31.9 Å². The summed E-state index contributed by atoms with van der Waals surface area (Å²) in [7, 11) is 0. The molecule has 0 bridgehead atoms. The summed E-state index contributed by atoms with van der Waals surface area (Å²) in [5, 5.41) is 9.90. The third kappa shape index (κ3) is 3.76. The molecule has 2 aromatic rings. The van der Waals surface area contributed by atoms with Crippen molar-refractivity contribution in [2.75, 3.05) is 13.1 Å². The molecule has 6 nitrogen and oxygen atoms in total. The van der Waals surface area contributed by atoms with E-state index in [1.807, 2.05) is 0 Å². The Balaban J connectivity index is 1.72. The molecule has 7 heteroatoms. The zero-order valence-corrected chi connectivity index (χ0v) is 14.8. The predicted molar refractivity (Wildman–Crippen MR) is 95.3 cm³/mol. The van der Waals surface area contributed by atoms with Gasteiger partial charge in [-0.2, -0.15) is 5.10 Å². The minimum absolute atomic E-state index is 0.0463. The molecule has 0 saturated heterocycles. The van der Waals surface area contributed by atoms with Crippen LogP contribution in [0.2, 0.25) is 0 Å². The second kappa shape index (κ2) is 8.12. The number of fused-ring (bicyclic) bond motifs is 1. The summed E-state index contributed by atoms with van der Waals surface area (Å²) in [6.07, 6.45) is 3.63. The number of H-pyrrole nitrogens is 1.